The zero-order valence-corrected chi connectivity index (χ0v) is 11.2. The number of carbonyl (C=O) groups is 1. The molecular formula is C11H12F3NOS2. The van der Waals surface area contributed by atoms with Gasteiger partial charge in [0.25, 0.3) is 0 Å². The molecule has 1 N–H and O–H groups in total. The number of benzene rings is 1. The molecule has 0 saturated heterocycles. The minimum absolute atomic E-state index is 0.232. The molecule has 7 heteroatoms. The third-order valence-corrected chi connectivity index (χ3v) is 3.49. The summed E-state index contributed by atoms with van der Waals surface area (Å²) in [7, 11) is 0. The van der Waals surface area contributed by atoms with Crippen molar-refractivity contribution in [2.45, 2.75) is 11.3 Å². The first-order valence-electron chi connectivity index (χ1n) is 5.02. The Kier molecular flexibility index (Phi) is 6.42. The number of carbonyl (C=O) groups excluding carboxylic acids is 1. The molecule has 1 aromatic carbocycles. The van der Waals surface area contributed by atoms with Gasteiger partial charge in [0, 0.05) is 4.90 Å². The van der Waals surface area contributed by atoms with Crippen molar-refractivity contribution in [2.75, 3.05) is 23.1 Å². The lowest BCUT2D eigenvalue weighted by atomic mass is 10.3. The number of alkyl halides is 2. The van der Waals surface area contributed by atoms with Crippen LogP contribution in [-0.4, -0.2) is 30.1 Å². The quantitative estimate of drug-likeness (QED) is 0.815. The second-order valence-corrected chi connectivity index (χ2v) is 5.25. The van der Waals surface area contributed by atoms with E-state index in [9.17, 15) is 18.0 Å². The predicted molar refractivity (Wildman–Crippen MR) is 70.1 cm³/mol. The lowest BCUT2D eigenvalue weighted by Crippen LogP contribution is -2.14. The van der Waals surface area contributed by atoms with Crippen LogP contribution in [0.3, 0.4) is 0 Å². The van der Waals surface area contributed by atoms with Gasteiger partial charge in [-0.15, -0.1) is 11.8 Å². The highest BCUT2D eigenvalue weighted by molar-refractivity contribution is 7.99. The normalized spacial score (nSPS) is 10.7. The molecule has 1 amide bonds. The van der Waals surface area contributed by atoms with E-state index >= 15 is 0 Å². The molecule has 0 spiro atoms. The van der Waals surface area contributed by atoms with Crippen LogP contribution in [-0.2, 0) is 4.79 Å². The van der Waals surface area contributed by atoms with Crippen molar-refractivity contribution in [3.8, 4) is 0 Å². The molecule has 0 heterocycles. The third kappa shape index (κ3) is 5.22. The fourth-order valence-corrected chi connectivity index (χ4v) is 2.27. The smallest absolute Gasteiger partial charge is 0.247 e. The van der Waals surface area contributed by atoms with Gasteiger partial charge in [-0.05, 0) is 24.5 Å². The Labute approximate surface area is 112 Å². The van der Waals surface area contributed by atoms with Crippen molar-refractivity contribution in [2.24, 2.45) is 0 Å². The van der Waals surface area contributed by atoms with E-state index in [-0.39, 0.29) is 17.3 Å². The van der Waals surface area contributed by atoms with Crippen LogP contribution >= 0.6 is 23.5 Å². The Balaban J connectivity index is 2.79. The second kappa shape index (κ2) is 7.58. The zero-order valence-electron chi connectivity index (χ0n) is 9.58. The average Bonchev–Trinajstić information content (AvgIpc) is 2.28. The van der Waals surface area contributed by atoms with Crippen LogP contribution in [0.1, 0.15) is 0 Å². The summed E-state index contributed by atoms with van der Waals surface area (Å²) < 4.78 is 37.3. The monoisotopic (exact) mass is 295 g/mol. The number of anilines is 1. The van der Waals surface area contributed by atoms with Gasteiger partial charge in [-0.1, -0.05) is 0 Å². The number of hydrogen-bond acceptors (Lipinski definition) is 3. The molecule has 1 aromatic rings. The van der Waals surface area contributed by atoms with Crippen molar-refractivity contribution in [1.29, 1.82) is 0 Å². The highest BCUT2D eigenvalue weighted by Crippen LogP contribution is 2.29. The fraction of sp³-hybridized carbons (Fsp3) is 0.364. The first-order valence-corrected chi connectivity index (χ1v) is 7.40. The number of hydrogen-bond donors (Lipinski definition) is 1. The largest absolute Gasteiger partial charge is 0.324 e. The summed E-state index contributed by atoms with van der Waals surface area (Å²) in [6.45, 7) is 0. The van der Waals surface area contributed by atoms with Crippen LogP contribution in [0.5, 0.6) is 0 Å². The molecule has 100 valence electrons. The van der Waals surface area contributed by atoms with Gasteiger partial charge in [0.05, 0.1) is 17.2 Å². The molecule has 2 nitrogen and oxygen atoms in total. The number of amides is 1. The molecule has 0 radical (unpaired) electrons. The van der Waals surface area contributed by atoms with Crippen molar-refractivity contribution in [1.82, 2.24) is 0 Å². The average molecular weight is 295 g/mol. The van der Waals surface area contributed by atoms with E-state index in [2.05, 4.69) is 5.32 Å². The van der Waals surface area contributed by atoms with Gasteiger partial charge in [0.15, 0.2) is 0 Å². The first-order chi connectivity index (χ1) is 8.52. The van der Waals surface area contributed by atoms with E-state index in [1.165, 1.54) is 23.9 Å². The molecule has 0 fully saturated rings. The van der Waals surface area contributed by atoms with E-state index in [1.54, 1.807) is 6.26 Å². The predicted octanol–water partition coefficient (Wildman–Crippen LogP) is 3.48. The van der Waals surface area contributed by atoms with E-state index in [0.717, 1.165) is 17.8 Å². The topological polar surface area (TPSA) is 29.1 Å². The molecular weight excluding hydrogens is 283 g/mol. The Morgan fingerprint density at radius 1 is 1.44 bits per heavy atom. The van der Waals surface area contributed by atoms with Crippen molar-refractivity contribution in [3.05, 3.63) is 24.0 Å². The molecule has 0 aliphatic carbocycles. The minimum atomic E-state index is -2.45. The van der Waals surface area contributed by atoms with Crippen LogP contribution in [0.15, 0.2) is 23.1 Å². The molecule has 0 atom stereocenters. The third-order valence-electron chi connectivity index (χ3n) is 1.86. The van der Waals surface area contributed by atoms with Crippen molar-refractivity contribution >= 4 is 35.1 Å². The summed E-state index contributed by atoms with van der Waals surface area (Å²) >= 11 is 2.21. The highest BCUT2D eigenvalue weighted by Gasteiger charge is 2.11. The van der Waals surface area contributed by atoms with Gasteiger partial charge in [-0.3, -0.25) is 4.79 Å². The van der Waals surface area contributed by atoms with E-state index < -0.39 is 18.0 Å². The summed E-state index contributed by atoms with van der Waals surface area (Å²) in [5, 5.41) is 2.51. The van der Waals surface area contributed by atoms with E-state index in [1.807, 2.05) is 0 Å². The molecule has 0 aromatic heterocycles. The van der Waals surface area contributed by atoms with Crippen LogP contribution < -0.4 is 5.32 Å². The first kappa shape index (κ1) is 15.2. The van der Waals surface area contributed by atoms with Gasteiger partial charge < -0.3 is 5.32 Å². The molecule has 18 heavy (non-hydrogen) atoms. The van der Waals surface area contributed by atoms with Crippen molar-refractivity contribution in [3.63, 3.8) is 0 Å². The van der Waals surface area contributed by atoms with Gasteiger partial charge >= 0.3 is 0 Å². The summed E-state index contributed by atoms with van der Waals surface area (Å²) in [6, 6.07) is 3.70. The van der Waals surface area contributed by atoms with Gasteiger partial charge in [-0.2, -0.15) is 11.8 Å². The van der Waals surface area contributed by atoms with Gasteiger partial charge in [0.2, 0.25) is 12.3 Å². The second-order valence-electron chi connectivity index (χ2n) is 3.32. The van der Waals surface area contributed by atoms with Gasteiger partial charge in [0.1, 0.15) is 5.82 Å². The maximum atomic E-state index is 13.1. The Hall–Kier alpha value is -0.820. The number of nitrogens with one attached hydrogen (secondary N) is 1. The van der Waals surface area contributed by atoms with E-state index in [4.69, 9.17) is 0 Å². The van der Waals surface area contributed by atoms with Crippen LogP contribution in [0.25, 0.3) is 0 Å². The number of halogens is 3. The minimum Gasteiger partial charge on any atom is -0.324 e. The van der Waals surface area contributed by atoms with Crippen molar-refractivity contribution < 1.29 is 18.0 Å². The van der Waals surface area contributed by atoms with Gasteiger partial charge in [-0.25, -0.2) is 13.2 Å². The fourth-order valence-electron chi connectivity index (χ4n) is 1.20. The SMILES string of the molecule is CSCC(=O)Nc1cc(F)ccc1SCC(F)F. The Bertz CT molecular complexity index is 415. The lowest BCUT2D eigenvalue weighted by molar-refractivity contribution is -0.113. The lowest BCUT2D eigenvalue weighted by Gasteiger charge is -2.10. The standard InChI is InChI=1S/C11H12F3NOS2/c1-17-6-11(16)15-8-4-7(12)2-3-9(8)18-5-10(13)14/h2-4,10H,5-6H2,1H3,(H,15,16). The molecule has 0 bridgehead atoms. The molecule has 0 aliphatic heterocycles. The van der Waals surface area contributed by atoms with Crippen LogP contribution in [0, 0.1) is 5.82 Å². The maximum Gasteiger partial charge on any atom is 0.247 e. The number of thioether (sulfide) groups is 2. The summed E-state index contributed by atoms with van der Waals surface area (Å²) in [5.74, 6) is -0.963. The zero-order chi connectivity index (χ0) is 13.5. The maximum absolute atomic E-state index is 13.1. The summed E-state index contributed by atoms with van der Waals surface area (Å²) in [4.78, 5) is 11.8. The highest BCUT2D eigenvalue weighted by atomic mass is 32.2. The molecule has 1 rings (SSSR count). The number of rotatable bonds is 6. The molecule has 0 aliphatic rings. The van der Waals surface area contributed by atoms with Crippen LogP contribution in [0.2, 0.25) is 0 Å². The Morgan fingerprint density at radius 2 is 2.17 bits per heavy atom. The van der Waals surface area contributed by atoms with Crippen LogP contribution in [0.4, 0.5) is 18.9 Å². The molecule has 0 unspecified atom stereocenters. The summed E-state index contributed by atoms with van der Waals surface area (Å²) in [6.07, 6.45) is -0.688. The Morgan fingerprint density at radius 3 is 2.78 bits per heavy atom. The van der Waals surface area contributed by atoms with E-state index in [0.29, 0.717) is 4.90 Å². The molecule has 0 saturated carbocycles. The summed E-state index contributed by atoms with van der Waals surface area (Å²) in [5.41, 5.74) is 0.236.